The fourth-order valence-electron chi connectivity index (χ4n) is 1.67. The molecule has 0 bridgehead atoms. The van der Waals surface area contributed by atoms with Crippen molar-refractivity contribution in [3.8, 4) is 0 Å². The van der Waals surface area contributed by atoms with Crippen molar-refractivity contribution < 1.29 is 4.79 Å². The van der Waals surface area contributed by atoms with E-state index in [4.69, 9.17) is 23.2 Å². The quantitative estimate of drug-likeness (QED) is 0.893. The Morgan fingerprint density at radius 3 is 2.47 bits per heavy atom. The normalized spacial score (nSPS) is 13.2. The van der Waals surface area contributed by atoms with Gasteiger partial charge in [-0.2, -0.15) is 0 Å². The minimum absolute atomic E-state index is 0.0181. The first kappa shape index (κ1) is 16.3. The minimum Gasteiger partial charge on any atom is -0.350 e. The number of hydrogen-bond acceptors (Lipinski definition) is 2. The molecule has 0 spiro atoms. The highest BCUT2D eigenvalue weighted by Crippen LogP contribution is 2.25. The number of carbonyl (C=O) groups excluding carboxylic acids is 1. The molecule has 0 radical (unpaired) electrons. The number of halogens is 2. The fraction of sp³-hybridized carbons (Fsp3) is 0.500. The van der Waals surface area contributed by atoms with E-state index in [0.29, 0.717) is 10.0 Å². The zero-order valence-electron chi connectivity index (χ0n) is 11.7. The number of hydrogen-bond donors (Lipinski definition) is 2. The van der Waals surface area contributed by atoms with Gasteiger partial charge in [0.1, 0.15) is 0 Å². The van der Waals surface area contributed by atoms with Crippen LogP contribution in [0.4, 0.5) is 0 Å². The first-order valence-corrected chi connectivity index (χ1v) is 6.94. The van der Waals surface area contributed by atoms with E-state index in [1.54, 1.807) is 12.1 Å². The highest BCUT2D eigenvalue weighted by Gasteiger charge is 2.15. The molecule has 0 aliphatic rings. The molecule has 0 aliphatic carbocycles. The van der Waals surface area contributed by atoms with E-state index in [-0.39, 0.29) is 24.0 Å². The molecule has 1 aromatic rings. The predicted molar refractivity (Wildman–Crippen MR) is 80.8 cm³/mol. The largest absolute Gasteiger partial charge is 0.350 e. The summed E-state index contributed by atoms with van der Waals surface area (Å²) in [4.78, 5) is 11.7. The highest BCUT2D eigenvalue weighted by atomic mass is 35.5. The predicted octanol–water partition coefficient (Wildman–Crippen LogP) is 3.56. The third-order valence-corrected chi connectivity index (χ3v) is 3.07. The summed E-state index contributed by atoms with van der Waals surface area (Å²) in [6.07, 6.45) is 0. The summed E-state index contributed by atoms with van der Waals surface area (Å²) < 4.78 is 0. The van der Waals surface area contributed by atoms with Crippen LogP contribution in [-0.2, 0) is 4.79 Å². The van der Waals surface area contributed by atoms with Gasteiger partial charge in [0.05, 0.1) is 6.54 Å². The Bertz CT molecular complexity index is 455. The molecule has 0 fully saturated rings. The Labute approximate surface area is 124 Å². The van der Waals surface area contributed by atoms with Crippen molar-refractivity contribution in [2.75, 3.05) is 6.54 Å². The van der Waals surface area contributed by atoms with Gasteiger partial charge in [-0.1, -0.05) is 29.3 Å². The van der Waals surface area contributed by atoms with Crippen molar-refractivity contribution in [1.82, 2.24) is 10.6 Å². The second kappa shape index (κ2) is 6.60. The zero-order chi connectivity index (χ0) is 14.6. The maximum absolute atomic E-state index is 11.7. The third kappa shape index (κ3) is 5.81. The van der Waals surface area contributed by atoms with Gasteiger partial charge in [-0.25, -0.2) is 0 Å². The molecule has 1 atom stereocenters. The number of rotatable bonds is 4. The van der Waals surface area contributed by atoms with Crippen LogP contribution >= 0.6 is 23.2 Å². The molecule has 0 aromatic heterocycles. The lowest BCUT2D eigenvalue weighted by atomic mass is 10.1. The monoisotopic (exact) mass is 302 g/mol. The maximum atomic E-state index is 11.7. The van der Waals surface area contributed by atoms with Gasteiger partial charge >= 0.3 is 0 Å². The zero-order valence-corrected chi connectivity index (χ0v) is 13.2. The van der Waals surface area contributed by atoms with E-state index >= 15 is 0 Å². The van der Waals surface area contributed by atoms with E-state index in [0.717, 1.165) is 5.56 Å². The lowest BCUT2D eigenvalue weighted by Gasteiger charge is -2.22. The highest BCUT2D eigenvalue weighted by molar-refractivity contribution is 6.35. The number of amides is 1. The van der Waals surface area contributed by atoms with Gasteiger partial charge in [0, 0.05) is 21.6 Å². The summed E-state index contributed by atoms with van der Waals surface area (Å²) in [7, 11) is 0. The molecule has 1 aromatic carbocycles. The van der Waals surface area contributed by atoms with Gasteiger partial charge in [-0.05, 0) is 45.4 Å². The molecule has 2 N–H and O–H groups in total. The smallest absolute Gasteiger partial charge is 0.234 e. The average molecular weight is 303 g/mol. The van der Waals surface area contributed by atoms with Crippen molar-refractivity contribution in [2.45, 2.75) is 39.3 Å². The summed E-state index contributed by atoms with van der Waals surface area (Å²) in [5.41, 5.74) is 0.703. The van der Waals surface area contributed by atoms with Crippen molar-refractivity contribution in [3.05, 3.63) is 33.8 Å². The van der Waals surface area contributed by atoms with Crippen LogP contribution in [0.15, 0.2) is 18.2 Å². The molecule has 1 amide bonds. The summed E-state index contributed by atoms with van der Waals surface area (Å²) in [5.74, 6) is -0.0376. The molecule has 0 heterocycles. The van der Waals surface area contributed by atoms with Crippen LogP contribution in [0.5, 0.6) is 0 Å². The van der Waals surface area contributed by atoms with E-state index in [1.807, 2.05) is 33.8 Å². The van der Waals surface area contributed by atoms with Crippen molar-refractivity contribution >= 4 is 29.1 Å². The SMILES string of the molecule is CC(NCC(=O)NC(C)(C)C)c1ccc(Cl)cc1Cl. The van der Waals surface area contributed by atoms with Crippen LogP contribution in [0.2, 0.25) is 10.0 Å². The second-order valence-corrected chi connectivity index (χ2v) is 6.41. The van der Waals surface area contributed by atoms with E-state index < -0.39 is 0 Å². The van der Waals surface area contributed by atoms with Crippen molar-refractivity contribution in [1.29, 1.82) is 0 Å². The Morgan fingerprint density at radius 1 is 1.32 bits per heavy atom. The molecule has 3 nitrogen and oxygen atoms in total. The van der Waals surface area contributed by atoms with E-state index in [2.05, 4.69) is 10.6 Å². The van der Waals surface area contributed by atoms with Crippen molar-refractivity contribution in [2.24, 2.45) is 0 Å². The molecule has 0 saturated heterocycles. The van der Waals surface area contributed by atoms with E-state index in [1.165, 1.54) is 0 Å². The first-order valence-electron chi connectivity index (χ1n) is 6.18. The topological polar surface area (TPSA) is 41.1 Å². The summed E-state index contributed by atoms with van der Waals surface area (Å²) in [6.45, 7) is 8.05. The Kier molecular flexibility index (Phi) is 5.65. The Balaban J connectivity index is 2.56. The lowest BCUT2D eigenvalue weighted by Crippen LogP contribution is -2.45. The first-order chi connectivity index (χ1) is 8.69. The molecule has 0 aliphatic heterocycles. The van der Waals surface area contributed by atoms with Crippen LogP contribution in [0.25, 0.3) is 0 Å². The van der Waals surface area contributed by atoms with Gasteiger partial charge in [0.15, 0.2) is 0 Å². The number of nitrogens with one attached hydrogen (secondary N) is 2. The molecule has 1 unspecified atom stereocenters. The molecular formula is C14H20Cl2N2O. The molecular weight excluding hydrogens is 283 g/mol. The van der Waals surface area contributed by atoms with Crippen LogP contribution in [0.1, 0.15) is 39.3 Å². The Morgan fingerprint density at radius 2 is 1.95 bits per heavy atom. The minimum atomic E-state index is -0.222. The Hall–Kier alpha value is -0.770. The van der Waals surface area contributed by atoms with Crippen LogP contribution < -0.4 is 10.6 Å². The van der Waals surface area contributed by atoms with Gasteiger partial charge in [-0.15, -0.1) is 0 Å². The summed E-state index contributed by atoms with van der Waals surface area (Å²) in [6, 6.07) is 5.34. The summed E-state index contributed by atoms with van der Waals surface area (Å²) >= 11 is 12.0. The van der Waals surface area contributed by atoms with Gasteiger partial charge in [-0.3, -0.25) is 4.79 Å². The maximum Gasteiger partial charge on any atom is 0.234 e. The van der Waals surface area contributed by atoms with E-state index in [9.17, 15) is 4.79 Å². The standard InChI is InChI=1S/C14H20Cl2N2O/c1-9(11-6-5-10(15)7-12(11)16)17-8-13(19)18-14(2,3)4/h5-7,9,17H,8H2,1-4H3,(H,18,19). The summed E-state index contributed by atoms with van der Waals surface area (Å²) in [5, 5.41) is 7.24. The molecule has 0 saturated carbocycles. The van der Waals surface area contributed by atoms with Gasteiger partial charge in [0.25, 0.3) is 0 Å². The van der Waals surface area contributed by atoms with Gasteiger partial charge < -0.3 is 10.6 Å². The van der Waals surface area contributed by atoms with Crippen LogP contribution in [-0.4, -0.2) is 18.0 Å². The van der Waals surface area contributed by atoms with Crippen molar-refractivity contribution in [3.63, 3.8) is 0 Å². The second-order valence-electron chi connectivity index (χ2n) is 5.57. The molecule has 5 heteroatoms. The number of benzene rings is 1. The van der Waals surface area contributed by atoms with Crippen LogP contribution in [0, 0.1) is 0 Å². The fourth-order valence-corrected chi connectivity index (χ4v) is 2.24. The van der Waals surface area contributed by atoms with Gasteiger partial charge in [0.2, 0.25) is 5.91 Å². The van der Waals surface area contributed by atoms with Crippen LogP contribution in [0.3, 0.4) is 0 Å². The third-order valence-electron chi connectivity index (χ3n) is 2.51. The number of carbonyl (C=O) groups is 1. The molecule has 1 rings (SSSR count). The molecule has 19 heavy (non-hydrogen) atoms. The lowest BCUT2D eigenvalue weighted by molar-refractivity contribution is -0.121. The average Bonchev–Trinajstić information content (AvgIpc) is 2.23. The molecule has 106 valence electrons.